The summed E-state index contributed by atoms with van der Waals surface area (Å²) in [6, 6.07) is 1.29. The smallest absolute Gasteiger partial charge is 0.254 e. The van der Waals surface area contributed by atoms with E-state index in [1.54, 1.807) is 25.5 Å². The summed E-state index contributed by atoms with van der Waals surface area (Å²) < 4.78 is 0. The molecule has 2 saturated carbocycles. The molecule has 3 rings (SSSR count). The third kappa shape index (κ3) is 2.64. The van der Waals surface area contributed by atoms with Crippen molar-refractivity contribution in [3.05, 3.63) is 6.33 Å². The lowest BCUT2D eigenvalue weighted by atomic mass is 10.5. The van der Waals surface area contributed by atoms with Crippen molar-refractivity contribution >= 4 is 24.3 Å². The molecule has 0 atom stereocenters. The van der Waals surface area contributed by atoms with E-state index >= 15 is 0 Å². The second kappa shape index (κ2) is 5.24. The van der Waals surface area contributed by atoms with Crippen LogP contribution in [0.25, 0.3) is 0 Å². The Hall–Kier alpha value is -1.14. The zero-order chi connectivity index (χ0) is 11.8. The quantitative estimate of drug-likeness (QED) is 0.755. The molecule has 0 aliphatic heterocycles. The second-order valence-electron chi connectivity index (χ2n) is 4.64. The van der Waals surface area contributed by atoms with Crippen molar-refractivity contribution in [3.8, 4) is 0 Å². The van der Waals surface area contributed by atoms with Crippen LogP contribution < -0.4 is 9.96 Å². The average Bonchev–Trinajstić information content (AvgIpc) is 3.22. The van der Waals surface area contributed by atoms with E-state index in [1.165, 1.54) is 25.7 Å². The number of anilines is 2. The van der Waals surface area contributed by atoms with Gasteiger partial charge < -0.3 is 4.90 Å². The Morgan fingerprint density at radius 2 is 1.67 bits per heavy atom. The van der Waals surface area contributed by atoms with E-state index in [2.05, 4.69) is 19.9 Å². The van der Waals surface area contributed by atoms with Crippen LogP contribution >= 0.6 is 12.4 Å². The number of hydrogen-bond acceptors (Lipinski definition) is 6. The van der Waals surface area contributed by atoms with E-state index in [-0.39, 0.29) is 12.4 Å². The molecule has 18 heavy (non-hydrogen) atoms. The highest BCUT2D eigenvalue weighted by Crippen LogP contribution is 2.39. The van der Waals surface area contributed by atoms with Gasteiger partial charge >= 0.3 is 0 Å². The van der Waals surface area contributed by atoms with Gasteiger partial charge in [-0.15, -0.1) is 12.4 Å². The lowest BCUT2D eigenvalue weighted by molar-refractivity contribution is 0.180. The summed E-state index contributed by atoms with van der Waals surface area (Å²) in [4.78, 5) is 20.3. The summed E-state index contributed by atoms with van der Waals surface area (Å²) in [6.07, 6.45) is 6.61. The molecule has 6 nitrogen and oxygen atoms in total. The fraction of sp³-hybridized carbons (Fsp3) is 0.727. The van der Waals surface area contributed by atoms with Crippen LogP contribution in [0.15, 0.2) is 6.33 Å². The van der Waals surface area contributed by atoms with Crippen molar-refractivity contribution in [1.29, 1.82) is 0 Å². The van der Waals surface area contributed by atoms with E-state index in [0.29, 0.717) is 18.0 Å². The summed E-state index contributed by atoms with van der Waals surface area (Å²) in [7, 11) is 3.39. The number of nitrogens with zero attached hydrogens (tertiary/aromatic N) is 5. The fourth-order valence-corrected chi connectivity index (χ4v) is 1.97. The van der Waals surface area contributed by atoms with Crippen molar-refractivity contribution < 1.29 is 4.84 Å². The third-order valence-electron chi connectivity index (χ3n) is 3.21. The van der Waals surface area contributed by atoms with Crippen molar-refractivity contribution in [3.63, 3.8) is 0 Å². The Balaban J connectivity index is 0.00000120. The lowest BCUT2D eigenvalue weighted by Gasteiger charge is -2.22. The van der Waals surface area contributed by atoms with Crippen LogP contribution in [-0.4, -0.2) is 41.2 Å². The predicted molar refractivity (Wildman–Crippen MR) is 71.0 cm³/mol. The van der Waals surface area contributed by atoms with Crippen LogP contribution in [0.1, 0.15) is 25.7 Å². The standard InChI is InChI=1S/C11H17N5O.ClH/c1-15(17-2)10-12-7-13-11(14-10)16(8-3-4-8)9-5-6-9;/h7-9H,3-6H2,1-2H3;1H. The van der Waals surface area contributed by atoms with E-state index in [9.17, 15) is 0 Å². The zero-order valence-corrected chi connectivity index (χ0v) is 11.4. The first-order chi connectivity index (χ1) is 8.29. The van der Waals surface area contributed by atoms with Crippen LogP contribution in [0.3, 0.4) is 0 Å². The topological polar surface area (TPSA) is 54.4 Å². The van der Waals surface area contributed by atoms with Gasteiger partial charge in [-0.3, -0.25) is 4.84 Å². The van der Waals surface area contributed by atoms with Crippen molar-refractivity contribution in [2.24, 2.45) is 0 Å². The molecule has 1 heterocycles. The van der Waals surface area contributed by atoms with E-state index in [1.807, 2.05) is 0 Å². The molecule has 1 aromatic rings. The highest BCUT2D eigenvalue weighted by atomic mass is 35.5. The molecular weight excluding hydrogens is 254 g/mol. The van der Waals surface area contributed by atoms with Crippen LogP contribution in [-0.2, 0) is 4.84 Å². The molecule has 0 unspecified atom stereocenters. The number of hydroxylamine groups is 1. The van der Waals surface area contributed by atoms with E-state index in [4.69, 9.17) is 4.84 Å². The van der Waals surface area contributed by atoms with Gasteiger partial charge in [0.25, 0.3) is 5.95 Å². The Morgan fingerprint density at radius 3 is 2.17 bits per heavy atom. The highest BCUT2D eigenvalue weighted by molar-refractivity contribution is 5.85. The molecule has 2 aliphatic carbocycles. The van der Waals surface area contributed by atoms with Gasteiger partial charge in [0.1, 0.15) is 6.33 Å². The van der Waals surface area contributed by atoms with Gasteiger partial charge in [0.05, 0.1) is 7.11 Å². The number of rotatable bonds is 5. The molecule has 0 bridgehead atoms. The minimum absolute atomic E-state index is 0. The van der Waals surface area contributed by atoms with Crippen molar-refractivity contribution in [2.75, 3.05) is 24.1 Å². The molecule has 0 aromatic carbocycles. The fourth-order valence-electron chi connectivity index (χ4n) is 1.97. The first kappa shape index (κ1) is 13.3. The lowest BCUT2D eigenvalue weighted by Crippen LogP contribution is -2.30. The molecule has 0 radical (unpaired) electrons. The van der Waals surface area contributed by atoms with Gasteiger partial charge in [-0.25, -0.2) is 10.0 Å². The molecule has 7 heteroatoms. The van der Waals surface area contributed by atoms with E-state index in [0.717, 1.165) is 5.95 Å². The maximum Gasteiger partial charge on any atom is 0.254 e. The Labute approximate surface area is 113 Å². The molecule has 0 N–H and O–H groups in total. The minimum atomic E-state index is 0. The maximum atomic E-state index is 5.09. The molecule has 0 amide bonds. The van der Waals surface area contributed by atoms with Gasteiger partial charge in [-0.1, -0.05) is 0 Å². The van der Waals surface area contributed by atoms with Gasteiger partial charge in [0, 0.05) is 19.1 Å². The molecule has 1 aromatic heterocycles. The average molecular weight is 272 g/mol. The summed E-state index contributed by atoms with van der Waals surface area (Å²) in [5.41, 5.74) is 0. The van der Waals surface area contributed by atoms with Gasteiger partial charge in [-0.05, 0) is 25.7 Å². The van der Waals surface area contributed by atoms with Gasteiger partial charge in [0.2, 0.25) is 5.95 Å². The van der Waals surface area contributed by atoms with Crippen molar-refractivity contribution in [1.82, 2.24) is 15.0 Å². The summed E-state index contributed by atoms with van der Waals surface area (Å²) in [6.45, 7) is 0. The molecule has 2 fully saturated rings. The molecule has 0 spiro atoms. The second-order valence-corrected chi connectivity index (χ2v) is 4.64. The summed E-state index contributed by atoms with van der Waals surface area (Å²) in [5.74, 6) is 1.35. The van der Waals surface area contributed by atoms with Crippen LogP contribution in [0.4, 0.5) is 11.9 Å². The van der Waals surface area contributed by atoms with Crippen LogP contribution in [0, 0.1) is 0 Å². The third-order valence-corrected chi connectivity index (χ3v) is 3.21. The Morgan fingerprint density at radius 1 is 1.11 bits per heavy atom. The van der Waals surface area contributed by atoms with Gasteiger partial charge in [-0.2, -0.15) is 9.97 Å². The molecule has 0 saturated heterocycles. The first-order valence-corrected chi connectivity index (χ1v) is 6.05. The minimum Gasteiger partial charge on any atom is -0.335 e. The normalized spacial score (nSPS) is 18.1. The number of aromatic nitrogens is 3. The monoisotopic (exact) mass is 271 g/mol. The Bertz CT molecular complexity index is 398. The number of hydrogen-bond donors (Lipinski definition) is 0. The largest absolute Gasteiger partial charge is 0.335 e. The summed E-state index contributed by atoms with van der Waals surface area (Å²) >= 11 is 0. The molecular formula is C11H18ClN5O. The Kier molecular flexibility index (Phi) is 3.87. The highest BCUT2D eigenvalue weighted by Gasteiger charge is 2.40. The van der Waals surface area contributed by atoms with Crippen molar-refractivity contribution in [2.45, 2.75) is 37.8 Å². The maximum absolute atomic E-state index is 5.09. The first-order valence-electron chi connectivity index (χ1n) is 6.05. The SMILES string of the molecule is CON(C)c1ncnc(N(C2CC2)C2CC2)n1.Cl. The predicted octanol–water partition coefficient (Wildman–Crippen LogP) is 1.42. The molecule has 100 valence electrons. The zero-order valence-electron chi connectivity index (χ0n) is 10.6. The number of halogens is 1. The van der Waals surface area contributed by atoms with Crippen LogP contribution in [0.5, 0.6) is 0 Å². The van der Waals surface area contributed by atoms with E-state index < -0.39 is 0 Å². The van der Waals surface area contributed by atoms with Gasteiger partial charge in [0.15, 0.2) is 0 Å². The molecule has 2 aliphatic rings. The summed E-state index contributed by atoms with van der Waals surface area (Å²) in [5, 5.41) is 1.54. The van der Waals surface area contributed by atoms with Crippen LogP contribution in [0.2, 0.25) is 0 Å².